The van der Waals surface area contributed by atoms with E-state index < -0.39 is 17.8 Å². The van der Waals surface area contributed by atoms with Gasteiger partial charge in [-0.05, 0) is 30.3 Å². The number of rotatable bonds is 3. The summed E-state index contributed by atoms with van der Waals surface area (Å²) in [5.41, 5.74) is -0.360. The number of benzene rings is 1. The van der Waals surface area contributed by atoms with E-state index in [1.807, 2.05) is 0 Å². The van der Waals surface area contributed by atoms with E-state index >= 15 is 0 Å². The predicted octanol–water partition coefficient (Wildman–Crippen LogP) is 3.05. The molecule has 1 heterocycles. The summed E-state index contributed by atoms with van der Waals surface area (Å²) in [6.45, 7) is 0. The maximum atomic E-state index is 12.5. The first-order valence-electron chi connectivity index (χ1n) is 6.85. The van der Waals surface area contributed by atoms with Crippen molar-refractivity contribution in [1.82, 2.24) is 9.88 Å². The van der Waals surface area contributed by atoms with Crippen LogP contribution in [0.1, 0.15) is 26.4 Å². The lowest BCUT2D eigenvalue weighted by Gasteiger charge is -2.12. The van der Waals surface area contributed by atoms with Gasteiger partial charge in [0, 0.05) is 31.5 Å². The monoisotopic (exact) mass is 337 g/mol. The molecule has 0 saturated carbocycles. The normalized spacial score (nSPS) is 11.0. The first kappa shape index (κ1) is 17.5. The quantitative estimate of drug-likeness (QED) is 0.936. The van der Waals surface area contributed by atoms with Gasteiger partial charge in [0.25, 0.3) is 11.8 Å². The minimum absolute atomic E-state index is 0.0210. The molecule has 0 radical (unpaired) electrons. The molecule has 2 aromatic rings. The second-order valence-corrected chi connectivity index (χ2v) is 5.16. The maximum absolute atomic E-state index is 12.5. The topological polar surface area (TPSA) is 62.3 Å². The van der Waals surface area contributed by atoms with Crippen molar-refractivity contribution < 1.29 is 22.8 Å². The number of amides is 2. The van der Waals surface area contributed by atoms with Crippen LogP contribution < -0.4 is 5.32 Å². The van der Waals surface area contributed by atoms with Gasteiger partial charge in [0.15, 0.2) is 0 Å². The van der Waals surface area contributed by atoms with E-state index in [1.54, 1.807) is 32.3 Å². The van der Waals surface area contributed by atoms with Crippen molar-refractivity contribution in [3.8, 4) is 0 Å². The van der Waals surface area contributed by atoms with Crippen LogP contribution >= 0.6 is 0 Å². The number of nitrogens with one attached hydrogen (secondary N) is 1. The Morgan fingerprint density at radius 2 is 1.79 bits per heavy atom. The molecule has 0 aliphatic rings. The summed E-state index contributed by atoms with van der Waals surface area (Å²) in [6.07, 6.45) is -3.71. The molecule has 0 aliphatic carbocycles. The summed E-state index contributed by atoms with van der Waals surface area (Å²) >= 11 is 0. The molecule has 8 heteroatoms. The van der Waals surface area contributed by atoms with Crippen LogP contribution in [-0.2, 0) is 6.18 Å². The summed E-state index contributed by atoms with van der Waals surface area (Å²) in [6, 6.07) is 8.02. The van der Waals surface area contributed by atoms with Crippen LogP contribution in [0.5, 0.6) is 0 Å². The number of hydrogen-bond acceptors (Lipinski definition) is 3. The lowest BCUT2D eigenvalue weighted by Crippen LogP contribution is -2.22. The molecule has 2 amide bonds. The van der Waals surface area contributed by atoms with Crippen LogP contribution in [-0.4, -0.2) is 35.8 Å². The first-order valence-corrected chi connectivity index (χ1v) is 6.85. The third-order valence-electron chi connectivity index (χ3n) is 3.09. The Kier molecular flexibility index (Phi) is 4.87. The van der Waals surface area contributed by atoms with Gasteiger partial charge in [0.1, 0.15) is 5.69 Å². The van der Waals surface area contributed by atoms with Crippen LogP contribution in [0.2, 0.25) is 0 Å². The Morgan fingerprint density at radius 1 is 1.08 bits per heavy atom. The molecule has 0 unspecified atom stereocenters. The van der Waals surface area contributed by atoms with Crippen LogP contribution in [0.3, 0.4) is 0 Å². The van der Waals surface area contributed by atoms with Crippen molar-refractivity contribution in [2.24, 2.45) is 0 Å². The minimum atomic E-state index is -4.56. The van der Waals surface area contributed by atoms with Gasteiger partial charge in [-0.3, -0.25) is 14.6 Å². The van der Waals surface area contributed by atoms with Gasteiger partial charge in [-0.2, -0.15) is 13.2 Å². The molecule has 0 aliphatic heterocycles. The van der Waals surface area contributed by atoms with E-state index in [0.29, 0.717) is 11.3 Å². The fraction of sp³-hybridized carbons (Fsp3) is 0.188. The third kappa shape index (κ3) is 4.09. The number of anilines is 1. The molecule has 1 aromatic carbocycles. The highest BCUT2D eigenvalue weighted by Gasteiger charge is 2.32. The zero-order valence-electron chi connectivity index (χ0n) is 12.9. The molecule has 0 spiro atoms. The lowest BCUT2D eigenvalue weighted by atomic mass is 10.1. The summed E-state index contributed by atoms with van der Waals surface area (Å²) in [5.74, 6) is -0.854. The van der Waals surface area contributed by atoms with Crippen LogP contribution in [0.15, 0.2) is 42.6 Å². The Hall–Kier alpha value is -2.90. The minimum Gasteiger partial charge on any atom is -0.345 e. The van der Waals surface area contributed by atoms with E-state index in [1.165, 1.54) is 11.0 Å². The molecule has 0 saturated heterocycles. The number of pyridine rings is 1. The summed E-state index contributed by atoms with van der Waals surface area (Å²) in [7, 11) is 3.20. The zero-order chi connectivity index (χ0) is 17.9. The van der Waals surface area contributed by atoms with Crippen molar-refractivity contribution in [1.29, 1.82) is 0 Å². The molecule has 2 rings (SSSR count). The van der Waals surface area contributed by atoms with E-state index in [4.69, 9.17) is 0 Å². The second kappa shape index (κ2) is 6.69. The predicted molar refractivity (Wildman–Crippen MR) is 81.7 cm³/mol. The average Bonchev–Trinajstić information content (AvgIpc) is 2.53. The van der Waals surface area contributed by atoms with Crippen molar-refractivity contribution in [3.05, 3.63) is 59.4 Å². The fourth-order valence-electron chi connectivity index (χ4n) is 1.89. The molecule has 1 N–H and O–H groups in total. The molecule has 0 fully saturated rings. The van der Waals surface area contributed by atoms with Gasteiger partial charge in [0.2, 0.25) is 0 Å². The number of carbonyl (C=O) groups is 2. The second-order valence-electron chi connectivity index (χ2n) is 5.16. The molecular formula is C16H14F3N3O2. The number of nitrogens with zero attached hydrogens (tertiary/aromatic N) is 2. The van der Waals surface area contributed by atoms with Gasteiger partial charge in [-0.15, -0.1) is 0 Å². The largest absolute Gasteiger partial charge is 0.433 e. The molecule has 0 bridgehead atoms. The lowest BCUT2D eigenvalue weighted by molar-refractivity contribution is -0.141. The van der Waals surface area contributed by atoms with Crippen molar-refractivity contribution >= 4 is 17.5 Å². The van der Waals surface area contributed by atoms with Gasteiger partial charge >= 0.3 is 6.18 Å². The summed E-state index contributed by atoms with van der Waals surface area (Å²) in [4.78, 5) is 28.6. The molecule has 0 atom stereocenters. The third-order valence-corrected chi connectivity index (χ3v) is 3.09. The smallest absolute Gasteiger partial charge is 0.345 e. The molecular weight excluding hydrogens is 323 g/mol. The number of aromatic nitrogens is 1. The van der Waals surface area contributed by atoms with E-state index in [0.717, 1.165) is 18.3 Å². The van der Waals surface area contributed by atoms with Crippen LogP contribution in [0.25, 0.3) is 0 Å². The SMILES string of the molecule is CN(C)C(=O)c1cccc(NC(=O)c2ccc(C(F)(F)F)nc2)c1. The Bertz CT molecular complexity index is 756. The van der Waals surface area contributed by atoms with Gasteiger partial charge in [-0.25, -0.2) is 0 Å². The van der Waals surface area contributed by atoms with Crippen molar-refractivity contribution in [2.45, 2.75) is 6.18 Å². The molecule has 126 valence electrons. The summed E-state index contributed by atoms with van der Waals surface area (Å²) in [5, 5.41) is 2.52. The Morgan fingerprint density at radius 3 is 2.33 bits per heavy atom. The van der Waals surface area contributed by atoms with Gasteiger partial charge in [-0.1, -0.05) is 6.07 Å². The van der Waals surface area contributed by atoms with Gasteiger partial charge in [0.05, 0.1) is 5.56 Å². The Labute approximate surface area is 136 Å². The fourth-order valence-corrected chi connectivity index (χ4v) is 1.89. The van der Waals surface area contributed by atoms with E-state index in [9.17, 15) is 22.8 Å². The standard InChI is InChI=1S/C16H14F3N3O2/c1-22(2)15(24)10-4-3-5-12(8-10)21-14(23)11-6-7-13(20-9-11)16(17,18)19/h3-9H,1-2H3,(H,21,23). The maximum Gasteiger partial charge on any atom is 0.433 e. The number of hydrogen-bond donors (Lipinski definition) is 1. The molecule has 5 nitrogen and oxygen atoms in total. The Balaban J connectivity index is 2.15. The molecule has 1 aromatic heterocycles. The highest BCUT2D eigenvalue weighted by molar-refractivity contribution is 6.04. The summed E-state index contributed by atoms with van der Waals surface area (Å²) < 4.78 is 37.4. The van der Waals surface area contributed by atoms with E-state index in [-0.39, 0.29) is 11.5 Å². The van der Waals surface area contributed by atoms with Gasteiger partial charge < -0.3 is 10.2 Å². The van der Waals surface area contributed by atoms with Crippen LogP contribution in [0, 0.1) is 0 Å². The first-order chi connectivity index (χ1) is 11.2. The molecule has 24 heavy (non-hydrogen) atoms. The highest BCUT2D eigenvalue weighted by atomic mass is 19.4. The zero-order valence-corrected chi connectivity index (χ0v) is 12.9. The van der Waals surface area contributed by atoms with Crippen molar-refractivity contribution in [3.63, 3.8) is 0 Å². The number of alkyl halides is 3. The average molecular weight is 337 g/mol. The van der Waals surface area contributed by atoms with Crippen LogP contribution in [0.4, 0.5) is 18.9 Å². The highest BCUT2D eigenvalue weighted by Crippen LogP contribution is 2.27. The van der Waals surface area contributed by atoms with E-state index in [2.05, 4.69) is 10.3 Å². The number of halogens is 3. The number of carbonyl (C=O) groups excluding carboxylic acids is 2. The van der Waals surface area contributed by atoms with Crippen molar-refractivity contribution in [2.75, 3.05) is 19.4 Å².